The maximum atomic E-state index is 15.5. The second kappa shape index (κ2) is 9.68. The number of carbonyl (C=O) groups is 1. The van der Waals surface area contributed by atoms with Crippen LogP contribution in [0.3, 0.4) is 0 Å². The van der Waals surface area contributed by atoms with Gasteiger partial charge in [0, 0.05) is 18.8 Å². The molecule has 2 aromatic carbocycles. The molecule has 8 nitrogen and oxygen atoms in total. The molecule has 2 aromatic heterocycles. The van der Waals surface area contributed by atoms with Crippen molar-refractivity contribution >= 4 is 28.4 Å². The summed E-state index contributed by atoms with van der Waals surface area (Å²) in [6, 6.07) is 8.44. The molecule has 3 heterocycles. The third kappa shape index (κ3) is 4.12. The Kier molecular flexibility index (Phi) is 6.41. The summed E-state index contributed by atoms with van der Waals surface area (Å²) in [5.41, 5.74) is 2.76. The maximum Gasteiger partial charge on any atom is 0.329 e. The van der Waals surface area contributed by atoms with Gasteiger partial charge < -0.3 is 9.47 Å². The van der Waals surface area contributed by atoms with Crippen LogP contribution in [0.25, 0.3) is 11.0 Å². The number of rotatable bonds is 7. The number of halogens is 2. The first-order valence-electron chi connectivity index (χ1n) is 11.9. The lowest BCUT2D eigenvalue weighted by Gasteiger charge is -2.35. The molecule has 1 aliphatic rings. The summed E-state index contributed by atoms with van der Waals surface area (Å²) in [5, 5.41) is 5.18. The minimum atomic E-state index is -0.911. The van der Waals surface area contributed by atoms with Crippen molar-refractivity contribution < 1.29 is 23.0 Å². The smallest absolute Gasteiger partial charge is 0.329 e. The fraction of sp³-hybridized carbons (Fsp3) is 0.296. The van der Waals surface area contributed by atoms with Crippen molar-refractivity contribution in [1.29, 1.82) is 0 Å². The van der Waals surface area contributed by atoms with Gasteiger partial charge in [-0.05, 0) is 35.7 Å². The van der Waals surface area contributed by atoms with Crippen LogP contribution in [0.5, 0.6) is 11.5 Å². The summed E-state index contributed by atoms with van der Waals surface area (Å²) in [7, 11) is 4.51. The third-order valence-electron chi connectivity index (χ3n) is 6.62. The van der Waals surface area contributed by atoms with Gasteiger partial charge in [-0.3, -0.25) is 9.80 Å². The number of hydrogen-bond donors (Lipinski definition) is 0. The number of carbonyl (C=O) groups excluding carboxylic acids is 1. The summed E-state index contributed by atoms with van der Waals surface area (Å²) < 4.78 is 42.9. The van der Waals surface area contributed by atoms with E-state index in [0.29, 0.717) is 47.2 Å². The number of nitrogens with zero attached hydrogens (tertiary/aromatic N) is 5. The van der Waals surface area contributed by atoms with Crippen LogP contribution < -0.4 is 19.3 Å². The quantitative estimate of drug-likeness (QED) is 0.339. The Hall–Kier alpha value is -4.21. The summed E-state index contributed by atoms with van der Waals surface area (Å²) in [6.07, 6.45) is 4.34. The standard InChI is InChI=1S/C27H27F2N5O3/c1-5-6-17-11-21(37-4)23(29)25(22(17)28)33-15-18-12-30-26-20(24(18)32(2)27(33)35)13-31-34(26)14-16-7-9-19(36-3)10-8-16/h7-13H,5-6,14-15H2,1-4H3. The monoisotopic (exact) mass is 507 g/mol. The highest BCUT2D eigenvalue weighted by atomic mass is 19.1. The van der Waals surface area contributed by atoms with Crippen molar-refractivity contribution in [3.05, 3.63) is 71.1 Å². The molecule has 0 saturated carbocycles. The summed E-state index contributed by atoms with van der Waals surface area (Å²) in [5.74, 6) is -1.01. The number of methoxy groups -OCH3 is 2. The molecule has 0 fully saturated rings. The summed E-state index contributed by atoms with van der Waals surface area (Å²) in [4.78, 5) is 20.6. The molecule has 37 heavy (non-hydrogen) atoms. The number of pyridine rings is 1. The Balaban J connectivity index is 1.54. The van der Waals surface area contributed by atoms with Crippen molar-refractivity contribution in [1.82, 2.24) is 14.8 Å². The zero-order chi connectivity index (χ0) is 26.3. The first-order valence-corrected chi connectivity index (χ1v) is 11.9. The average molecular weight is 508 g/mol. The predicted molar refractivity (Wildman–Crippen MR) is 137 cm³/mol. The molecule has 0 saturated heterocycles. The van der Waals surface area contributed by atoms with Crippen LogP contribution in [0.15, 0.2) is 42.7 Å². The molecular weight excluding hydrogens is 480 g/mol. The van der Waals surface area contributed by atoms with Crippen LogP contribution in [-0.4, -0.2) is 42.1 Å². The SMILES string of the molecule is CCCc1cc(OC)c(F)c(N2Cc3cnc4c(cnn4Cc4ccc(OC)cc4)c3N(C)C2=O)c1F. The molecule has 0 unspecified atom stereocenters. The van der Waals surface area contributed by atoms with Gasteiger partial charge in [0.2, 0.25) is 0 Å². The van der Waals surface area contributed by atoms with Gasteiger partial charge >= 0.3 is 6.03 Å². The number of anilines is 2. The zero-order valence-electron chi connectivity index (χ0n) is 21.1. The number of benzene rings is 2. The molecule has 5 rings (SSSR count). The van der Waals surface area contributed by atoms with Crippen molar-refractivity contribution in [2.75, 3.05) is 31.1 Å². The molecule has 0 N–H and O–H groups in total. The highest BCUT2D eigenvalue weighted by Crippen LogP contribution is 2.40. The molecule has 4 aromatic rings. The Morgan fingerprint density at radius 1 is 1.03 bits per heavy atom. The third-order valence-corrected chi connectivity index (χ3v) is 6.62. The van der Waals surface area contributed by atoms with Crippen LogP contribution >= 0.6 is 0 Å². The van der Waals surface area contributed by atoms with Gasteiger partial charge in [-0.1, -0.05) is 25.5 Å². The van der Waals surface area contributed by atoms with Gasteiger partial charge in [0.25, 0.3) is 0 Å². The van der Waals surface area contributed by atoms with E-state index < -0.39 is 23.4 Å². The van der Waals surface area contributed by atoms with E-state index in [1.54, 1.807) is 31.2 Å². The Bertz CT molecular complexity index is 1490. The molecule has 0 aliphatic carbocycles. The van der Waals surface area contributed by atoms with E-state index in [1.807, 2.05) is 31.2 Å². The van der Waals surface area contributed by atoms with Gasteiger partial charge in [-0.2, -0.15) is 5.10 Å². The van der Waals surface area contributed by atoms with Crippen LogP contribution in [0.4, 0.5) is 25.0 Å². The molecule has 0 bridgehead atoms. The van der Waals surface area contributed by atoms with E-state index in [9.17, 15) is 4.79 Å². The number of amides is 2. The largest absolute Gasteiger partial charge is 0.497 e. The van der Waals surface area contributed by atoms with Gasteiger partial charge in [-0.15, -0.1) is 0 Å². The molecule has 1 aliphatic heterocycles. The average Bonchev–Trinajstić information content (AvgIpc) is 3.31. The molecule has 2 amide bonds. The molecule has 0 atom stereocenters. The zero-order valence-corrected chi connectivity index (χ0v) is 21.1. The fourth-order valence-corrected chi connectivity index (χ4v) is 4.76. The normalized spacial score (nSPS) is 13.3. The lowest BCUT2D eigenvalue weighted by molar-refractivity contribution is 0.250. The predicted octanol–water partition coefficient (Wildman–Crippen LogP) is 5.30. The van der Waals surface area contributed by atoms with Crippen LogP contribution in [0.1, 0.15) is 30.0 Å². The second-order valence-electron chi connectivity index (χ2n) is 8.91. The molecular formula is C27H27F2N5O3. The molecule has 10 heteroatoms. The van der Waals surface area contributed by atoms with E-state index in [1.165, 1.54) is 18.1 Å². The van der Waals surface area contributed by atoms with E-state index in [0.717, 1.165) is 16.2 Å². The minimum Gasteiger partial charge on any atom is -0.497 e. The van der Waals surface area contributed by atoms with Gasteiger partial charge in [-0.25, -0.2) is 23.2 Å². The number of aryl methyl sites for hydroxylation is 1. The van der Waals surface area contributed by atoms with E-state index in [-0.39, 0.29) is 12.3 Å². The maximum absolute atomic E-state index is 15.5. The number of fused-ring (bicyclic) bond motifs is 3. The minimum absolute atomic E-state index is 0.0440. The Morgan fingerprint density at radius 3 is 2.46 bits per heavy atom. The Labute approximate surface area is 213 Å². The highest BCUT2D eigenvalue weighted by molar-refractivity contribution is 6.11. The lowest BCUT2D eigenvalue weighted by Crippen LogP contribution is -2.46. The van der Waals surface area contributed by atoms with Crippen molar-refractivity contribution in [2.24, 2.45) is 0 Å². The lowest BCUT2D eigenvalue weighted by atomic mass is 10.0. The van der Waals surface area contributed by atoms with E-state index in [4.69, 9.17) is 9.47 Å². The first kappa shape index (κ1) is 24.5. The van der Waals surface area contributed by atoms with Gasteiger partial charge in [0.15, 0.2) is 23.0 Å². The van der Waals surface area contributed by atoms with Gasteiger partial charge in [0.05, 0.1) is 44.6 Å². The fourth-order valence-electron chi connectivity index (χ4n) is 4.76. The molecule has 0 spiro atoms. The van der Waals surface area contributed by atoms with Crippen LogP contribution in [0.2, 0.25) is 0 Å². The second-order valence-corrected chi connectivity index (χ2v) is 8.91. The van der Waals surface area contributed by atoms with Crippen molar-refractivity contribution in [3.63, 3.8) is 0 Å². The van der Waals surface area contributed by atoms with Crippen molar-refractivity contribution in [3.8, 4) is 11.5 Å². The summed E-state index contributed by atoms with van der Waals surface area (Å²) in [6.45, 7) is 2.33. The number of urea groups is 1. The van der Waals surface area contributed by atoms with E-state index in [2.05, 4.69) is 10.1 Å². The van der Waals surface area contributed by atoms with Crippen LogP contribution in [-0.2, 0) is 19.5 Å². The van der Waals surface area contributed by atoms with E-state index >= 15 is 8.78 Å². The highest BCUT2D eigenvalue weighted by Gasteiger charge is 2.36. The molecule has 0 radical (unpaired) electrons. The van der Waals surface area contributed by atoms with Crippen LogP contribution in [0, 0.1) is 11.6 Å². The Morgan fingerprint density at radius 2 is 1.78 bits per heavy atom. The summed E-state index contributed by atoms with van der Waals surface area (Å²) >= 11 is 0. The number of hydrogen-bond acceptors (Lipinski definition) is 5. The van der Waals surface area contributed by atoms with Crippen molar-refractivity contribution in [2.45, 2.75) is 32.9 Å². The number of ether oxygens (including phenoxy) is 2. The molecule has 192 valence electrons. The first-order chi connectivity index (χ1) is 17.9. The number of aromatic nitrogens is 3. The topological polar surface area (TPSA) is 72.7 Å². The van der Waals surface area contributed by atoms with Gasteiger partial charge in [0.1, 0.15) is 11.4 Å².